The van der Waals surface area contributed by atoms with E-state index in [-0.39, 0.29) is 0 Å². The van der Waals surface area contributed by atoms with Crippen LogP contribution in [0.1, 0.15) is 44.9 Å². The van der Waals surface area contributed by atoms with Crippen molar-refractivity contribution in [2.75, 3.05) is 5.33 Å². The molecule has 2 saturated carbocycles. The molecule has 2 aliphatic carbocycles. The minimum atomic E-state index is 1.00. The molecule has 0 saturated heterocycles. The van der Waals surface area contributed by atoms with Crippen molar-refractivity contribution in [3.8, 4) is 0 Å². The molecule has 0 aromatic carbocycles. The van der Waals surface area contributed by atoms with Crippen molar-refractivity contribution in [3.05, 3.63) is 0 Å². The monoisotopic (exact) mass is 230 g/mol. The molecular formula is C11H19Br. The van der Waals surface area contributed by atoms with Gasteiger partial charge in [-0.2, -0.15) is 0 Å². The van der Waals surface area contributed by atoms with Crippen LogP contribution in [-0.4, -0.2) is 5.33 Å². The number of hydrogen-bond acceptors (Lipinski definition) is 0. The first-order valence-corrected chi connectivity index (χ1v) is 6.58. The van der Waals surface area contributed by atoms with Crippen molar-refractivity contribution < 1.29 is 0 Å². The summed E-state index contributed by atoms with van der Waals surface area (Å²) in [6.45, 7) is 0. The number of hydrogen-bond donors (Lipinski definition) is 0. The molecule has 0 nitrogen and oxygen atoms in total. The van der Waals surface area contributed by atoms with E-state index >= 15 is 0 Å². The molecule has 2 fully saturated rings. The minimum Gasteiger partial charge on any atom is -0.0925 e. The van der Waals surface area contributed by atoms with Crippen molar-refractivity contribution in [3.63, 3.8) is 0 Å². The van der Waals surface area contributed by atoms with Crippen LogP contribution in [0.15, 0.2) is 0 Å². The lowest BCUT2D eigenvalue weighted by Gasteiger charge is -2.38. The van der Waals surface area contributed by atoms with Crippen LogP contribution >= 0.6 is 15.9 Å². The molecule has 3 unspecified atom stereocenters. The predicted octanol–water partition coefficient (Wildman–Crippen LogP) is 3.99. The zero-order valence-corrected chi connectivity index (χ0v) is 9.35. The van der Waals surface area contributed by atoms with E-state index in [1.807, 2.05) is 0 Å². The maximum atomic E-state index is 3.63. The molecule has 0 aromatic heterocycles. The Morgan fingerprint density at radius 3 is 2.42 bits per heavy atom. The molecule has 0 amide bonds. The Labute approximate surface area is 84.2 Å². The van der Waals surface area contributed by atoms with Crippen LogP contribution in [0.2, 0.25) is 0 Å². The second-order valence-electron chi connectivity index (χ2n) is 4.64. The van der Waals surface area contributed by atoms with Gasteiger partial charge in [0.15, 0.2) is 0 Å². The van der Waals surface area contributed by atoms with Crippen LogP contribution in [-0.2, 0) is 0 Å². The number of fused-ring (bicyclic) bond motifs is 1. The van der Waals surface area contributed by atoms with E-state index in [1.54, 1.807) is 6.42 Å². The first-order chi connectivity index (χ1) is 5.90. The molecule has 0 spiro atoms. The smallest absolute Gasteiger partial charge is 0.00597 e. The van der Waals surface area contributed by atoms with Gasteiger partial charge >= 0.3 is 0 Å². The van der Waals surface area contributed by atoms with Gasteiger partial charge in [-0.25, -0.2) is 0 Å². The quantitative estimate of drug-likeness (QED) is 0.598. The van der Waals surface area contributed by atoms with E-state index in [9.17, 15) is 0 Å². The zero-order chi connectivity index (χ0) is 8.39. The summed E-state index contributed by atoms with van der Waals surface area (Å²) in [5, 5.41) is 1.25. The molecule has 70 valence electrons. The van der Waals surface area contributed by atoms with Crippen LogP contribution in [0.5, 0.6) is 0 Å². The first kappa shape index (κ1) is 9.05. The van der Waals surface area contributed by atoms with Crippen LogP contribution < -0.4 is 0 Å². The first-order valence-electron chi connectivity index (χ1n) is 5.46. The van der Waals surface area contributed by atoms with Crippen molar-refractivity contribution in [1.29, 1.82) is 0 Å². The molecule has 2 rings (SSSR count). The highest BCUT2D eigenvalue weighted by Gasteiger charge is 2.31. The van der Waals surface area contributed by atoms with E-state index in [1.165, 1.54) is 43.9 Å². The van der Waals surface area contributed by atoms with Crippen LogP contribution in [0.4, 0.5) is 0 Å². The van der Waals surface area contributed by atoms with Crippen molar-refractivity contribution in [1.82, 2.24) is 0 Å². The van der Waals surface area contributed by atoms with E-state index in [4.69, 9.17) is 0 Å². The van der Waals surface area contributed by atoms with Crippen molar-refractivity contribution in [2.45, 2.75) is 44.9 Å². The van der Waals surface area contributed by atoms with Crippen LogP contribution in [0, 0.1) is 17.8 Å². The van der Waals surface area contributed by atoms with Gasteiger partial charge in [0.2, 0.25) is 0 Å². The third-order valence-corrected chi connectivity index (χ3v) is 4.78. The summed E-state index contributed by atoms with van der Waals surface area (Å²) in [4.78, 5) is 0. The zero-order valence-electron chi connectivity index (χ0n) is 7.77. The van der Waals surface area contributed by atoms with E-state index < -0.39 is 0 Å². The Morgan fingerprint density at radius 1 is 0.917 bits per heavy atom. The Morgan fingerprint density at radius 2 is 1.67 bits per heavy atom. The number of halogens is 1. The second kappa shape index (κ2) is 4.13. The summed E-state index contributed by atoms with van der Waals surface area (Å²) in [5.74, 6) is 3.23. The van der Waals surface area contributed by atoms with Gasteiger partial charge in [-0.3, -0.25) is 0 Å². The highest BCUT2D eigenvalue weighted by Crippen LogP contribution is 2.42. The van der Waals surface area contributed by atoms with E-state index in [0.29, 0.717) is 0 Å². The largest absolute Gasteiger partial charge is 0.0925 e. The molecule has 2 aliphatic rings. The predicted molar refractivity (Wildman–Crippen MR) is 56.6 cm³/mol. The van der Waals surface area contributed by atoms with Gasteiger partial charge in [-0.1, -0.05) is 41.6 Å². The van der Waals surface area contributed by atoms with Gasteiger partial charge in [-0.05, 0) is 37.0 Å². The summed E-state index contributed by atoms with van der Waals surface area (Å²) in [6, 6.07) is 0. The standard InChI is InChI=1S/C11H19Br/c12-8-9-5-6-10-3-1-2-4-11(10)7-9/h9-11H,1-8H2. The number of alkyl halides is 1. The lowest BCUT2D eigenvalue weighted by atomic mass is 9.68. The van der Waals surface area contributed by atoms with Gasteiger partial charge in [0.25, 0.3) is 0 Å². The van der Waals surface area contributed by atoms with Crippen molar-refractivity contribution >= 4 is 15.9 Å². The number of rotatable bonds is 1. The summed E-state index contributed by atoms with van der Waals surface area (Å²) in [5.41, 5.74) is 0. The van der Waals surface area contributed by atoms with Gasteiger partial charge in [0.1, 0.15) is 0 Å². The maximum Gasteiger partial charge on any atom is 0.00597 e. The lowest BCUT2D eigenvalue weighted by molar-refractivity contribution is 0.139. The Kier molecular flexibility index (Phi) is 3.11. The average Bonchev–Trinajstić information content (AvgIpc) is 2.17. The Balaban J connectivity index is 1.90. The molecule has 0 aromatic rings. The average molecular weight is 231 g/mol. The molecule has 12 heavy (non-hydrogen) atoms. The van der Waals surface area contributed by atoms with Gasteiger partial charge in [0.05, 0.1) is 0 Å². The second-order valence-corrected chi connectivity index (χ2v) is 5.29. The van der Waals surface area contributed by atoms with E-state index in [2.05, 4.69) is 15.9 Å². The normalized spacial score (nSPS) is 42.2. The Bertz CT molecular complexity index is 144. The summed E-state index contributed by atoms with van der Waals surface area (Å²) in [6.07, 6.45) is 10.6. The highest BCUT2D eigenvalue weighted by molar-refractivity contribution is 9.09. The van der Waals surface area contributed by atoms with Crippen LogP contribution in [0.25, 0.3) is 0 Å². The topological polar surface area (TPSA) is 0 Å². The summed E-state index contributed by atoms with van der Waals surface area (Å²) in [7, 11) is 0. The van der Waals surface area contributed by atoms with Crippen molar-refractivity contribution in [2.24, 2.45) is 17.8 Å². The molecule has 0 N–H and O–H groups in total. The molecule has 1 heteroatoms. The van der Waals surface area contributed by atoms with Crippen LogP contribution in [0.3, 0.4) is 0 Å². The van der Waals surface area contributed by atoms with Gasteiger partial charge in [-0.15, -0.1) is 0 Å². The summed E-state index contributed by atoms with van der Waals surface area (Å²) >= 11 is 3.63. The molecule has 0 radical (unpaired) electrons. The fourth-order valence-electron chi connectivity index (χ4n) is 3.11. The third kappa shape index (κ3) is 1.86. The van der Waals surface area contributed by atoms with Gasteiger partial charge in [0, 0.05) is 5.33 Å². The SMILES string of the molecule is BrCC1CCC2CCCCC2C1. The molecule has 0 bridgehead atoms. The maximum absolute atomic E-state index is 3.63. The Hall–Kier alpha value is 0.480. The third-order valence-electron chi connectivity index (χ3n) is 3.87. The molecule has 0 aliphatic heterocycles. The fraction of sp³-hybridized carbons (Fsp3) is 1.00. The summed E-state index contributed by atoms with van der Waals surface area (Å²) < 4.78 is 0. The highest BCUT2D eigenvalue weighted by atomic mass is 79.9. The fourth-order valence-corrected chi connectivity index (χ4v) is 3.70. The minimum absolute atomic E-state index is 1.00. The molecular weight excluding hydrogens is 212 g/mol. The van der Waals surface area contributed by atoms with Gasteiger partial charge < -0.3 is 0 Å². The molecule has 3 atom stereocenters. The van der Waals surface area contributed by atoms with E-state index in [0.717, 1.165) is 17.8 Å². The lowest BCUT2D eigenvalue weighted by Crippen LogP contribution is -2.28. The molecule has 0 heterocycles.